The van der Waals surface area contributed by atoms with E-state index in [1.807, 2.05) is 24.3 Å². The lowest BCUT2D eigenvalue weighted by Crippen LogP contribution is -2.06. The van der Waals surface area contributed by atoms with E-state index in [9.17, 15) is 9.18 Å². The Labute approximate surface area is 120 Å². The van der Waals surface area contributed by atoms with E-state index >= 15 is 0 Å². The van der Waals surface area contributed by atoms with Crippen molar-refractivity contribution in [3.63, 3.8) is 0 Å². The molecule has 0 saturated heterocycles. The van der Waals surface area contributed by atoms with Crippen molar-refractivity contribution in [2.75, 3.05) is 0 Å². The average molecular weight is 321 g/mol. The van der Waals surface area contributed by atoms with Gasteiger partial charge in [-0.2, -0.15) is 0 Å². The highest BCUT2D eigenvalue weighted by molar-refractivity contribution is 9.10. The van der Waals surface area contributed by atoms with E-state index < -0.39 is 5.82 Å². The molecular weight excluding hydrogens is 307 g/mol. The molecule has 0 aliphatic heterocycles. The summed E-state index contributed by atoms with van der Waals surface area (Å²) < 4.78 is 14.3. The number of halogens is 2. The molecule has 0 radical (unpaired) electrons. The molecule has 2 rings (SSSR count). The molecule has 2 aromatic carbocycles. The van der Waals surface area contributed by atoms with E-state index in [0.717, 1.165) is 12.0 Å². The predicted molar refractivity (Wildman–Crippen MR) is 78.0 cm³/mol. The van der Waals surface area contributed by atoms with Gasteiger partial charge in [-0.3, -0.25) is 4.79 Å². The minimum absolute atomic E-state index is 0.141. The zero-order valence-electron chi connectivity index (χ0n) is 10.6. The summed E-state index contributed by atoms with van der Waals surface area (Å²) in [7, 11) is 0. The Morgan fingerprint density at radius 1 is 1.11 bits per heavy atom. The quantitative estimate of drug-likeness (QED) is 0.754. The maximum absolute atomic E-state index is 13.7. The van der Waals surface area contributed by atoms with Crippen LogP contribution in [0.3, 0.4) is 0 Å². The summed E-state index contributed by atoms with van der Waals surface area (Å²) in [6.45, 7) is 2.08. The van der Waals surface area contributed by atoms with Crippen molar-refractivity contribution in [3.05, 3.63) is 69.4 Å². The van der Waals surface area contributed by atoms with Gasteiger partial charge in [0.05, 0.1) is 5.56 Å². The SMILES string of the molecule is CCc1ccc(CC(=O)c2ccc(Br)cc2F)cc1. The number of carbonyl (C=O) groups excluding carboxylic acids is 1. The fourth-order valence-electron chi connectivity index (χ4n) is 1.89. The molecule has 2 aromatic rings. The number of rotatable bonds is 4. The molecule has 0 aromatic heterocycles. The summed E-state index contributed by atoms with van der Waals surface area (Å²) in [6.07, 6.45) is 1.19. The van der Waals surface area contributed by atoms with Gasteiger partial charge in [0, 0.05) is 10.9 Å². The monoisotopic (exact) mass is 320 g/mol. The Bertz CT molecular complexity index is 590. The zero-order valence-corrected chi connectivity index (χ0v) is 12.2. The third kappa shape index (κ3) is 3.51. The van der Waals surface area contributed by atoms with Gasteiger partial charge in [0.1, 0.15) is 5.82 Å². The van der Waals surface area contributed by atoms with E-state index in [4.69, 9.17) is 0 Å². The summed E-state index contributed by atoms with van der Waals surface area (Å²) in [5.74, 6) is -0.682. The van der Waals surface area contributed by atoms with Gasteiger partial charge in [0.2, 0.25) is 0 Å². The fourth-order valence-corrected chi connectivity index (χ4v) is 2.22. The lowest BCUT2D eigenvalue weighted by Gasteiger charge is -2.04. The highest BCUT2D eigenvalue weighted by atomic mass is 79.9. The van der Waals surface area contributed by atoms with Crippen LogP contribution in [0.5, 0.6) is 0 Å². The van der Waals surface area contributed by atoms with Gasteiger partial charge in [-0.1, -0.05) is 47.1 Å². The molecule has 0 N–H and O–H groups in total. The molecule has 98 valence electrons. The van der Waals surface area contributed by atoms with Crippen molar-refractivity contribution in [1.29, 1.82) is 0 Å². The summed E-state index contributed by atoms with van der Waals surface area (Å²) in [5, 5.41) is 0. The fraction of sp³-hybridized carbons (Fsp3) is 0.188. The summed E-state index contributed by atoms with van der Waals surface area (Å²) in [6, 6.07) is 12.4. The highest BCUT2D eigenvalue weighted by Crippen LogP contribution is 2.17. The minimum atomic E-state index is -0.482. The van der Waals surface area contributed by atoms with Crippen LogP contribution in [0.15, 0.2) is 46.9 Å². The molecule has 0 aliphatic carbocycles. The summed E-state index contributed by atoms with van der Waals surface area (Å²) in [4.78, 5) is 12.0. The van der Waals surface area contributed by atoms with E-state index in [-0.39, 0.29) is 17.8 Å². The Morgan fingerprint density at radius 3 is 2.32 bits per heavy atom. The second-order valence-corrected chi connectivity index (χ2v) is 5.31. The van der Waals surface area contributed by atoms with E-state index in [1.165, 1.54) is 17.7 Å². The van der Waals surface area contributed by atoms with Crippen LogP contribution in [0.2, 0.25) is 0 Å². The number of Topliss-reactive ketones (excluding diaryl/α,β-unsaturated/α-hetero) is 1. The topological polar surface area (TPSA) is 17.1 Å². The van der Waals surface area contributed by atoms with Gasteiger partial charge in [0.15, 0.2) is 5.78 Å². The molecule has 0 amide bonds. The molecule has 3 heteroatoms. The maximum atomic E-state index is 13.7. The Hall–Kier alpha value is -1.48. The van der Waals surface area contributed by atoms with E-state index in [0.29, 0.717) is 4.47 Å². The van der Waals surface area contributed by atoms with Gasteiger partial charge in [-0.05, 0) is 35.7 Å². The Kier molecular flexibility index (Phi) is 4.48. The molecule has 0 unspecified atom stereocenters. The second-order valence-electron chi connectivity index (χ2n) is 4.39. The minimum Gasteiger partial charge on any atom is -0.294 e. The van der Waals surface area contributed by atoms with Gasteiger partial charge >= 0.3 is 0 Å². The van der Waals surface area contributed by atoms with Gasteiger partial charge in [0.25, 0.3) is 0 Å². The largest absolute Gasteiger partial charge is 0.294 e. The average Bonchev–Trinajstić information content (AvgIpc) is 2.39. The van der Waals surface area contributed by atoms with Crippen LogP contribution in [0.25, 0.3) is 0 Å². The lowest BCUT2D eigenvalue weighted by atomic mass is 10.0. The van der Waals surface area contributed by atoms with Gasteiger partial charge in [-0.15, -0.1) is 0 Å². The second kappa shape index (κ2) is 6.11. The normalized spacial score (nSPS) is 10.5. The van der Waals surface area contributed by atoms with Crippen molar-refractivity contribution in [2.24, 2.45) is 0 Å². The third-order valence-corrected chi connectivity index (χ3v) is 3.52. The first-order chi connectivity index (χ1) is 9.10. The van der Waals surface area contributed by atoms with E-state index in [2.05, 4.69) is 22.9 Å². The summed E-state index contributed by atoms with van der Waals surface area (Å²) in [5.41, 5.74) is 2.28. The van der Waals surface area contributed by atoms with E-state index in [1.54, 1.807) is 6.07 Å². The first-order valence-electron chi connectivity index (χ1n) is 6.16. The molecule has 19 heavy (non-hydrogen) atoms. The maximum Gasteiger partial charge on any atom is 0.170 e. The van der Waals surface area contributed by atoms with Crippen LogP contribution in [-0.2, 0) is 12.8 Å². The number of aryl methyl sites for hydroxylation is 1. The first-order valence-corrected chi connectivity index (χ1v) is 6.95. The van der Waals surface area contributed by atoms with Crippen molar-refractivity contribution in [2.45, 2.75) is 19.8 Å². The molecule has 0 spiro atoms. The van der Waals surface area contributed by atoms with Crippen molar-refractivity contribution in [1.82, 2.24) is 0 Å². The highest BCUT2D eigenvalue weighted by Gasteiger charge is 2.12. The number of hydrogen-bond acceptors (Lipinski definition) is 1. The molecule has 0 heterocycles. The van der Waals surface area contributed by atoms with Crippen molar-refractivity contribution < 1.29 is 9.18 Å². The van der Waals surface area contributed by atoms with Crippen LogP contribution in [0, 0.1) is 5.82 Å². The zero-order chi connectivity index (χ0) is 13.8. The number of carbonyl (C=O) groups is 1. The molecule has 0 saturated carbocycles. The standard InChI is InChI=1S/C16H14BrFO/c1-2-11-3-5-12(6-4-11)9-16(19)14-8-7-13(17)10-15(14)18/h3-8,10H,2,9H2,1H3. The van der Waals surface area contributed by atoms with Crippen molar-refractivity contribution in [3.8, 4) is 0 Å². The smallest absolute Gasteiger partial charge is 0.170 e. The molecule has 0 fully saturated rings. The molecular formula is C16H14BrFO. The van der Waals surface area contributed by atoms with Crippen LogP contribution in [0.4, 0.5) is 4.39 Å². The Morgan fingerprint density at radius 2 is 1.74 bits per heavy atom. The van der Waals surface area contributed by atoms with Crippen LogP contribution < -0.4 is 0 Å². The van der Waals surface area contributed by atoms with Gasteiger partial charge < -0.3 is 0 Å². The summed E-state index contributed by atoms with van der Waals surface area (Å²) >= 11 is 3.18. The lowest BCUT2D eigenvalue weighted by molar-refractivity contribution is 0.0989. The molecule has 0 bridgehead atoms. The number of benzene rings is 2. The molecule has 1 nitrogen and oxygen atoms in total. The first kappa shape index (κ1) is 13.9. The van der Waals surface area contributed by atoms with Crippen molar-refractivity contribution >= 4 is 21.7 Å². The van der Waals surface area contributed by atoms with Crippen LogP contribution in [0.1, 0.15) is 28.4 Å². The molecule has 0 atom stereocenters. The predicted octanol–water partition coefficient (Wildman–Crippen LogP) is 4.58. The Balaban J connectivity index is 2.15. The van der Waals surface area contributed by atoms with Crippen LogP contribution >= 0.6 is 15.9 Å². The number of ketones is 1. The van der Waals surface area contributed by atoms with Crippen LogP contribution in [-0.4, -0.2) is 5.78 Å². The number of hydrogen-bond donors (Lipinski definition) is 0. The third-order valence-electron chi connectivity index (χ3n) is 3.03. The molecule has 0 aliphatic rings. The van der Waals surface area contributed by atoms with Gasteiger partial charge in [-0.25, -0.2) is 4.39 Å².